The van der Waals surface area contributed by atoms with E-state index in [0.717, 1.165) is 11.1 Å². The molecular formula is C18H18N2O4. The molecule has 0 saturated heterocycles. The molecule has 0 amide bonds. The summed E-state index contributed by atoms with van der Waals surface area (Å²) >= 11 is 0. The average molecular weight is 326 g/mol. The zero-order chi connectivity index (χ0) is 16.9. The van der Waals surface area contributed by atoms with E-state index in [4.69, 9.17) is 18.6 Å². The van der Waals surface area contributed by atoms with E-state index in [9.17, 15) is 0 Å². The van der Waals surface area contributed by atoms with E-state index in [0.29, 0.717) is 29.0 Å². The molecular weight excluding hydrogens is 308 g/mol. The summed E-state index contributed by atoms with van der Waals surface area (Å²) in [5.41, 5.74) is 1.98. The molecule has 0 spiro atoms. The van der Waals surface area contributed by atoms with Gasteiger partial charge >= 0.3 is 0 Å². The lowest BCUT2D eigenvalue weighted by molar-refractivity contribution is 0.238. The number of nitrogens with zero attached hydrogens (tertiary/aromatic N) is 2. The molecule has 0 unspecified atom stereocenters. The van der Waals surface area contributed by atoms with Crippen molar-refractivity contribution in [2.45, 2.75) is 13.5 Å². The van der Waals surface area contributed by atoms with Gasteiger partial charge in [-0.1, -0.05) is 24.3 Å². The summed E-state index contributed by atoms with van der Waals surface area (Å²) in [6, 6.07) is 13.3. The maximum atomic E-state index is 5.77. The van der Waals surface area contributed by atoms with Gasteiger partial charge in [0.05, 0.1) is 14.2 Å². The van der Waals surface area contributed by atoms with Crippen LogP contribution in [0, 0.1) is 6.92 Å². The van der Waals surface area contributed by atoms with Crippen LogP contribution in [0.5, 0.6) is 17.2 Å². The SMILES string of the molecule is COc1cccc(OC)c1OCc1nnc(-c2ccccc2C)o1. The maximum Gasteiger partial charge on any atom is 0.254 e. The molecule has 0 radical (unpaired) electrons. The number of benzene rings is 2. The number of hydrogen-bond acceptors (Lipinski definition) is 6. The minimum absolute atomic E-state index is 0.121. The highest BCUT2D eigenvalue weighted by Gasteiger charge is 2.15. The molecule has 0 atom stereocenters. The summed E-state index contributed by atoms with van der Waals surface area (Å²) in [4.78, 5) is 0. The van der Waals surface area contributed by atoms with Crippen molar-refractivity contribution in [2.24, 2.45) is 0 Å². The van der Waals surface area contributed by atoms with E-state index in [1.54, 1.807) is 26.4 Å². The first-order chi connectivity index (χ1) is 11.7. The summed E-state index contributed by atoms with van der Waals surface area (Å²) < 4.78 is 22.0. The third kappa shape index (κ3) is 3.17. The van der Waals surface area contributed by atoms with Crippen LogP contribution in [0.3, 0.4) is 0 Å². The smallest absolute Gasteiger partial charge is 0.254 e. The van der Waals surface area contributed by atoms with Gasteiger partial charge in [0.1, 0.15) is 0 Å². The molecule has 0 bridgehead atoms. The largest absolute Gasteiger partial charge is 0.493 e. The average Bonchev–Trinajstić information content (AvgIpc) is 3.08. The summed E-state index contributed by atoms with van der Waals surface area (Å²) in [6.07, 6.45) is 0. The van der Waals surface area contributed by atoms with Crippen LogP contribution in [0.1, 0.15) is 11.5 Å². The topological polar surface area (TPSA) is 66.6 Å². The second-order valence-corrected chi connectivity index (χ2v) is 5.10. The van der Waals surface area contributed by atoms with Gasteiger partial charge in [0.15, 0.2) is 18.1 Å². The van der Waals surface area contributed by atoms with Gasteiger partial charge in [-0.05, 0) is 30.7 Å². The normalized spacial score (nSPS) is 10.5. The molecule has 1 heterocycles. The van der Waals surface area contributed by atoms with Crippen LogP contribution in [0.15, 0.2) is 46.9 Å². The number of ether oxygens (including phenoxy) is 3. The minimum Gasteiger partial charge on any atom is -0.493 e. The number of rotatable bonds is 6. The van der Waals surface area contributed by atoms with Crippen molar-refractivity contribution < 1.29 is 18.6 Å². The zero-order valence-corrected chi connectivity index (χ0v) is 13.8. The Hall–Kier alpha value is -3.02. The highest BCUT2D eigenvalue weighted by Crippen LogP contribution is 2.37. The van der Waals surface area contributed by atoms with Crippen molar-refractivity contribution >= 4 is 0 Å². The lowest BCUT2D eigenvalue weighted by atomic mass is 10.1. The first-order valence-corrected chi connectivity index (χ1v) is 7.45. The number of hydrogen-bond donors (Lipinski definition) is 0. The molecule has 2 aromatic carbocycles. The van der Waals surface area contributed by atoms with E-state index >= 15 is 0 Å². The van der Waals surface area contributed by atoms with Gasteiger partial charge < -0.3 is 18.6 Å². The van der Waals surface area contributed by atoms with Gasteiger partial charge in [-0.2, -0.15) is 0 Å². The van der Waals surface area contributed by atoms with Crippen LogP contribution in [0.4, 0.5) is 0 Å². The number of aryl methyl sites for hydroxylation is 1. The fourth-order valence-corrected chi connectivity index (χ4v) is 2.33. The van der Waals surface area contributed by atoms with E-state index in [2.05, 4.69) is 10.2 Å². The van der Waals surface area contributed by atoms with Crippen molar-refractivity contribution in [1.29, 1.82) is 0 Å². The maximum absolute atomic E-state index is 5.77. The predicted molar refractivity (Wildman–Crippen MR) is 88.3 cm³/mol. The van der Waals surface area contributed by atoms with Gasteiger partial charge in [-0.25, -0.2) is 0 Å². The lowest BCUT2D eigenvalue weighted by Crippen LogP contribution is -2.00. The fraction of sp³-hybridized carbons (Fsp3) is 0.222. The summed E-state index contributed by atoms with van der Waals surface area (Å²) in [5.74, 6) is 2.50. The van der Waals surface area contributed by atoms with E-state index in [-0.39, 0.29) is 6.61 Å². The third-order valence-corrected chi connectivity index (χ3v) is 3.56. The van der Waals surface area contributed by atoms with Gasteiger partial charge in [-0.15, -0.1) is 10.2 Å². The van der Waals surface area contributed by atoms with E-state index < -0.39 is 0 Å². The molecule has 0 aliphatic carbocycles. The van der Waals surface area contributed by atoms with Gasteiger partial charge in [0, 0.05) is 5.56 Å². The van der Waals surface area contributed by atoms with Gasteiger partial charge in [0.2, 0.25) is 11.6 Å². The van der Waals surface area contributed by atoms with Crippen molar-refractivity contribution in [3.05, 3.63) is 53.9 Å². The molecule has 6 nitrogen and oxygen atoms in total. The standard InChI is InChI=1S/C18H18N2O4/c1-12-7-4-5-8-13(12)18-20-19-16(24-18)11-23-17-14(21-2)9-6-10-15(17)22-3/h4-10H,11H2,1-3H3. The van der Waals surface area contributed by atoms with Crippen LogP contribution in [0.2, 0.25) is 0 Å². The van der Waals surface area contributed by atoms with Crippen molar-refractivity contribution in [1.82, 2.24) is 10.2 Å². The molecule has 0 fully saturated rings. The number of methoxy groups -OCH3 is 2. The van der Waals surface area contributed by atoms with Crippen LogP contribution >= 0.6 is 0 Å². The Balaban J connectivity index is 1.78. The summed E-state index contributed by atoms with van der Waals surface area (Å²) in [6.45, 7) is 2.12. The number of aromatic nitrogens is 2. The van der Waals surface area contributed by atoms with Crippen LogP contribution in [-0.2, 0) is 6.61 Å². The quantitative estimate of drug-likeness (QED) is 0.689. The third-order valence-electron chi connectivity index (χ3n) is 3.56. The molecule has 0 aliphatic heterocycles. The van der Waals surface area contributed by atoms with Crippen molar-refractivity contribution in [3.63, 3.8) is 0 Å². The van der Waals surface area contributed by atoms with Crippen LogP contribution < -0.4 is 14.2 Å². The minimum atomic E-state index is 0.121. The zero-order valence-electron chi connectivity index (χ0n) is 13.8. The Morgan fingerprint density at radius 3 is 2.29 bits per heavy atom. The molecule has 6 heteroatoms. The molecule has 0 saturated carbocycles. The van der Waals surface area contributed by atoms with Crippen LogP contribution in [0.25, 0.3) is 11.5 Å². The molecule has 3 aromatic rings. The predicted octanol–water partition coefficient (Wildman–Crippen LogP) is 3.64. The second-order valence-electron chi connectivity index (χ2n) is 5.10. The Kier molecular flexibility index (Phi) is 4.65. The second kappa shape index (κ2) is 7.04. The summed E-state index contributed by atoms with van der Waals surface area (Å²) in [5, 5.41) is 8.12. The first-order valence-electron chi connectivity index (χ1n) is 7.45. The lowest BCUT2D eigenvalue weighted by Gasteiger charge is -2.12. The monoisotopic (exact) mass is 326 g/mol. The van der Waals surface area contributed by atoms with E-state index in [1.165, 1.54) is 0 Å². The Labute approximate surface area is 140 Å². The molecule has 0 N–H and O–H groups in total. The van der Waals surface area contributed by atoms with Crippen molar-refractivity contribution in [3.8, 4) is 28.7 Å². The molecule has 0 aliphatic rings. The molecule has 124 valence electrons. The van der Waals surface area contributed by atoms with Crippen LogP contribution in [-0.4, -0.2) is 24.4 Å². The highest BCUT2D eigenvalue weighted by molar-refractivity contribution is 5.57. The van der Waals surface area contributed by atoms with Gasteiger partial charge in [0.25, 0.3) is 5.89 Å². The molecule has 24 heavy (non-hydrogen) atoms. The summed E-state index contributed by atoms with van der Waals surface area (Å²) in [7, 11) is 3.15. The molecule has 1 aromatic heterocycles. The Bertz CT molecular complexity index is 807. The van der Waals surface area contributed by atoms with Gasteiger partial charge in [-0.3, -0.25) is 0 Å². The molecule has 3 rings (SSSR count). The fourth-order valence-electron chi connectivity index (χ4n) is 2.33. The number of para-hydroxylation sites is 1. The van der Waals surface area contributed by atoms with E-state index in [1.807, 2.05) is 37.3 Å². The van der Waals surface area contributed by atoms with Crippen molar-refractivity contribution in [2.75, 3.05) is 14.2 Å². The first kappa shape index (κ1) is 15.9. The Morgan fingerprint density at radius 1 is 0.917 bits per heavy atom. The highest BCUT2D eigenvalue weighted by atomic mass is 16.5. The Morgan fingerprint density at radius 2 is 1.62 bits per heavy atom.